The van der Waals surface area contributed by atoms with E-state index in [0.717, 1.165) is 5.75 Å². The molecule has 4 N–H and O–H groups in total. The first-order chi connectivity index (χ1) is 5.20. The molecule has 4 nitrogen and oxygen atoms in total. The summed E-state index contributed by atoms with van der Waals surface area (Å²) in [7, 11) is 0. The maximum absolute atomic E-state index is 8.63. The molecular formula is C6H14N2O2S. The van der Waals surface area contributed by atoms with Crippen molar-refractivity contribution in [3.63, 3.8) is 0 Å². The van der Waals surface area contributed by atoms with Gasteiger partial charge in [0.25, 0.3) is 0 Å². The molecule has 1 unspecified atom stereocenters. The summed E-state index contributed by atoms with van der Waals surface area (Å²) in [4.78, 5) is 0. The van der Waals surface area contributed by atoms with Crippen LogP contribution in [-0.4, -0.2) is 33.8 Å². The van der Waals surface area contributed by atoms with Crippen molar-refractivity contribution < 1.29 is 10.3 Å². The number of nitrogens with zero attached hydrogens (tertiary/aromatic N) is 1. The minimum atomic E-state index is 0.167. The van der Waals surface area contributed by atoms with E-state index in [1.54, 1.807) is 11.8 Å². The number of hydrogen-bond acceptors (Lipinski definition) is 4. The molecule has 5 heteroatoms. The smallest absolute Gasteiger partial charge is 0.139 e. The van der Waals surface area contributed by atoms with Crippen molar-refractivity contribution in [2.45, 2.75) is 18.6 Å². The summed E-state index contributed by atoms with van der Waals surface area (Å²) in [5, 5.41) is 19.8. The highest BCUT2D eigenvalue weighted by atomic mass is 32.2. The predicted octanol–water partition coefficient (Wildman–Crippen LogP) is 0.237. The third-order valence-electron chi connectivity index (χ3n) is 1.15. The van der Waals surface area contributed by atoms with Crippen LogP contribution in [0.1, 0.15) is 13.3 Å². The number of oxime groups is 1. The van der Waals surface area contributed by atoms with Crippen LogP contribution < -0.4 is 5.73 Å². The van der Waals surface area contributed by atoms with Gasteiger partial charge < -0.3 is 16.0 Å². The summed E-state index contributed by atoms with van der Waals surface area (Å²) in [5.74, 6) is 1.01. The van der Waals surface area contributed by atoms with Crippen molar-refractivity contribution in [2.24, 2.45) is 10.9 Å². The molecule has 0 rings (SSSR count). The molecule has 0 aliphatic carbocycles. The van der Waals surface area contributed by atoms with E-state index in [4.69, 9.17) is 16.0 Å². The lowest BCUT2D eigenvalue weighted by Gasteiger charge is -2.05. The average molecular weight is 178 g/mol. The zero-order chi connectivity index (χ0) is 8.69. The Hall–Kier alpha value is -0.420. The Kier molecular flexibility index (Phi) is 6.06. The number of amidine groups is 1. The summed E-state index contributed by atoms with van der Waals surface area (Å²) >= 11 is 1.60. The monoisotopic (exact) mass is 178 g/mol. The van der Waals surface area contributed by atoms with Crippen LogP contribution in [0, 0.1) is 0 Å². The second-order valence-electron chi connectivity index (χ2n) is 2.21. The van der Waals surface area contributed by atoms with Gasteiger partial charge in [0.1, 0.15) is 5.84 Å². The first-order valence-electron chi connectivity index (χ1n) is 3.39. The number of aliphatic hydroxyl groups is 1. The van der Waals surface area contributed by atoms with Crippen molar-refractivity contribution in [1.29, 1.82) is 0 Å². The minimum Gasteiger partial charge on any atom is -0.409 e. The average Bonchev–Trinajstić information content (AvgIpc) is 2.04. The Labute approximate surface area is 70.5 Å². The van der Waals surface area contributed by atoms with Crippen molar-refractivity contribution in [1.82, 2.24) is 0 Å². The van der Waals surface area contributed by atoms with Gasteiger partial charge in [-0.3, -0.25) is 0 Å². The molecule has 0 fully saturated rings. The first-order valence-corrected chi connectivity index (χ1v) is 4.44. The van der Waals surface area contributed by atoms with E-state index in [2.05, 4.69) is 5.16 Å². The normalized spacial score (nSPS) is 14.9. The van der Waals surface area contributed by atoms with E-state index in [1.807, 2.05) is 6.92 Å². The number of hydrogen-bond donors (Lipinski definition) is 3. The maximum atomic E-state index is 8.63. The Balaban J connectivity index is 3.27. The molecule has 0 aromatic heterocycles. The van der Waals surface area contributed by atoms with Crippen LogP contribution >= 0.6 is 11.8 Å². The Morgan fingerprint density at radius 3 is 2.82 bits per heavy atom. The molecule has 0 saturated carbocycles. The standard InChI is InChI=1S/C6H14N2O2S/c1-5(4-9)11-3-2-6(7)8-10/h5,9-10H,2-4H2,1H3,(H2,7,8). The van der Waals surface area contributed by atoms with Gasteiger partial charge in [-0.2, -0.15) is 11.8 Å². The largest absolute Gasteiger partial charge is 0.409 e. The zero-order valence-corrected chi connectivity index (χ0v) is 7.34. The van der Waals surface area contributed by atoms with E-state index in [9.17, 15) is 0 Å². The third-order valence-corrected chi connectivity index (χ3v) is 2.30. The highest BCUT2D eigenvalue weighted by Gasteiger charge is 2.00. The molecule has 0 aromatic rings. The Bertz CT molecular complexity index is 130. The Morgan fingerprint density at radius 2 is 2.36 bits per heavy atom. The van der Waals surface area contributed by atoms with E-state index in [0.29, 0.717) is 6.42 Å². The summed E-state index contributed by atoms with van der Waals surface area (Å²) in [5.41, 5.74) is 5.22. The summed E-state index contributed by atoms with van der Waals surface area (Å²) in [6.45, 7) is 2.10. The fourth-order valence-corrected chi connectivity index (χ4v) is 1.30. The molecule has 0 bridgehead atoms. The second kappa shape index (κ2) is 6.30. The van der Waals surface area contributed by atoms with E-state index < -0.39 is 0 Å². The Morgan fingerprint density at radius 1 is 1.73 bits per heavy atom. The number of nitrogens with two attached hydrogens (primary N) is 1. The molecule has 0 aliphatic rings. The van der Waals surface area contributed by atoms with Gasteiger partial charge >= 0.3 is 0 Å². The molecule has 0 amide bonds. The van der Waals surface area contributed by atoms with Crippen LogP contribution in [0.5, 0.6) is 0 Å². The van der Waals surface area contributed by atoms with Gasteiger partial charge in [0.15, 0.2) is 0 Å². The molecule has 0 spiro atoms. The molecule has 0 saturated heterocycles. The molecule has 66 valence electrons. The maximum Gasteiger partial charge on any atom is 0.139 e. The van der Waals surface area contributed by atoms with Gasteiger partial charge in [-0.15, -0.1) is 0 Å². The SMILES string of the molecule is CC(CO)SCCC(N)=NO. The highest BCUT2D eigenvalue weighted by Crippen LogP contribution is 2.09. The second-order valence-corrected chi connectivity index (χ2v) is 3.75. The quantitative estimate of drug-likeness (QED) is 0.244. The molecule has 0 aromatic carbocycles. The van der Waals surface area contributed by atoms with Gasteiger partial charge in [0, 0.05) is 17.4 Å². The topological polar surface area (TPSA) is 78.8 Å². The molecule has 0 radical (unpaired) electrons. The van der Waals surface area contributed by atoms with Crippen LogP contribution in [0.3, 0.4) is 0 Å². The number of thioether (sulfide) groups is 1. The van der Waals surface area contributed by atoms with Gasteiger partial charge in [-0.25, -0.2) is 0 Å². The molecule has 1 atom stereocenters. The first kappa shape index (κ1) is 10.6. The van der Waals surface area contributed by atoms with Crippen molar-refractivity contribution in [2.75, 3.05) is 12.4 Å². The van der Waals surface area contributed by atoms with Crippen LogP contribution in [0.15, 0.2) is 5.16 Å². The fourth-order valence-electron chi connectivity index (χ4n) is 0.467. The van der Waals surface area contributed by atoms with Crippen molar-refractivity contribution in [3.05, 3.63) is 0 Å². The summed E-state index contributed by atoms with van der Waals surface area (Å²) < 4.78 is 0. The molecule has 0 aliphatic heterocycles. The molecular weight excluding hydrogens is 164 g/mol. The van der Waals surface area contributed by atoms with Crippen molar-refractivity contribution >= 4 is 17.6 Å². The van der Waals surface area contributed by atoms with E-state index in [1.165, 1.54) is 0 Å². The highest BCUT2D eigenvalue weighted by molar-refractivity contribution is 7.99. The molecule has 11 heavy (non-hydrogen) atoms. The van der Waals surface area contributed by atoms with Crippen LogP contribution in [-0.2, 0) is 0 Å². The van der Waals surface area contributed by atoms with Gasteiger partial charge in [0.2, 0.25) is 0 Å². The number of aliphatic hydroxyl groups excluding tert-OH is 1. The van der Waals surface area contributed by atoms with E-state index >= 15 is 0 Å². The summed E-state index contributed by atoms with van der Waals surface area (Å²) in [6.07, 6.45) is 0.561. The lowest BCUT2D eigenvalue weighted by Crippen LogP contribution is -2.13. The predicted molar refractivity (Wildman–Crippen MR) is 47.0 cm³/mol. The molecule has 0 heterocycles. The lowest BCUT2D eigenvalue weighted by molar-refractivity contribution is 0.300. The van der Waals surface area contributed by atoms with Gasteiger partial charge in [0.05, 0.1) is 6.61 Å². The summed E-state index contributed by atoms with van der Waals surface area (Å²) in [6, 6.07) is 0. The van der Waals surface area contributed by atoms with Crippen LogP contribution in [0.4, 0.5) is 0 Å². The van der Waals surface area contributed by atoms with E-state index in [-0.39, 0.29) is 17.7 Å². The lowest BCUT2D eigenvalue weighted by atomic mass is 10.5. The third kappa shape index (κ3) is 6.00. The fraction of sp³-hybridized carbons (Fsp3) is 0.833. The number of rotatable bonds is 5. The minimum absolute atomic E-state index is 0.167. The van der Waals surface area contributed by atoms with Gasteiger partial charge in [-0.05, 0) is 0 Å². The van der Waals surface area contributed by atoms with Crippen molar-refractivity contribution in [3.8, 4) is 0 Å². The zero-order valence-electron chi connectivity index (χ0n) is 6.53. The van der Waals surface area contributed by atoms with Crippen LogP contribution in [0.2, 0.25) is 0 Å². The van der Waals surface area contributed by atoms with Gasteiger partial charge in [-0.1, -0.05) is 12.1 Å². The van der Waals surface area contributed by atoms with Crippen LogP contribution in [0.25, 0.3) is 0 Å².